The smallest absolute Gasteiger partial charge is 0.418 e. The molecule has 4 nitrogen and oxygen atoms in total. The Morgan fingerprint density at radius 3 is 2.32 bits per heavy atom. The minimum absolute atomic E-state index is 0.0668. The van der Waals surface area contributed by atoms with Crippen LogP contribution in [0.25, 0.3) is 0 Å². The largest absolute Gasteiger partial charge is 0.494 e. The molecule has 0 saturated carbocycles. The number of carbonyl (C=O) groups excluding carboxylic acids is 1. The number of hydrogen-bond donors (Lipinski definition) is 1. The minimum atomic E-state index is -4.65. The quantitative estimate of drug-likeness (QED) is 0.836. The first-order valence-corrected chi connectivity index (χ1v) is 7.17. The molecule has 1 amide bonds. The van der Waals surface area contributed by atoms with Gasteiger partial charge in [0.15, 0.2) is 11.6 Å². The third-order valence-electron chi connectivity index (χ3n) is 3.49. The molecule has 25 heavy (non-hydrogen) atoms. The van der Waals surface area contributed by atoms with Gasteiger partial charge in [0.05, 0.1) is 18.4 Å². The van der Waals surface area contributed by atoms with Crippen molar-refractivity contribution in [3.05, 3.63) is 53.3 Å². The maximum Gasteiger partial charge on any atom is 0.418 e. The van der Waals surface area contributed by atoms with Crippen molar-refractivity contribution >= 4 is 17.3 Å². The van der Waals surface area contributed by atoms with Crippen LogP contribution >= 0.6 is 0 Å². The zero-order valence-corrected chi connectivity index (χ0v) is 13.7. The number of methoxy groups -OCH3 is 1. The third-order valence-corrected chi connectivity index (χ3v) is 3.49. The van der Waals surface area contributed by atoms with Gasteiger partial charge in [0.1, 0.15) is 0 Å². The van der Waals surface area contributed by atoms with E-state index in [1.165, 1.54) is 30.2 Å². The Hall–Kier alpha value is -2.77. The maximum absolute atomic E-state index is 13.7. The van der Waals surface area contributed by atoms with E-state index >= 15 is 0 Å². The Morgan fingerprint density at radius 1 is 1.12 bits per heavy atom. The number of halogens is 4. The molecule has 0 aromatic heterocycles. The van der Waals surface area contributed by atoms with Gasteiger partial charge in [-0.15, -0.1) is 0 Å². The molecule has 0 aliphatic heterocycles. The summed E-state index contributed by atoms with van der Waals surface area (Å²) in [7, 11) is 4.47. The molecule has 0 aliphatic carbocycles. The first kappa shape index (κ1) is 18.6. The highest BCUT2D eigenvalue weighted by Gasteiger charge is 2.34. The molecule has 0 saturated heterocycles. The van der Waals surface area contributed by atoms with Crippen molar-refractivity contribution in [2.24, 2.45) is 0 Å². The zero-order valence-electron chi connectivity index (χ0n) is 13.7. The topological polar surface area (TPSA) is 41.6 Å². The third kappa shape index (κ3) is 4.20. The monoisotopic (exact) mass is 356 g/mol. The predicted octanol–water partition coefficient (Wildman–Crippen LogP) is 4.17. The lowest BCUT2D eigenvalue weighted by molar-refractivity contribution is -0.136. The summed E-state index contributed by atoms with van der Waals surface area (Å²) in [5, 5.41) is 2.18. The molecule has 0 unspecified atom stereocenters. The van der Waals surface area contributed by atoms with Crippen molar-refractivity contribution in [1.29, 1.82) is 0 Å². The highest BCUT2D eigenvalue weighted by atomic mass is 19.4. The van der Waals surface area contributed by atoms with Gasteiger partial charge in [-0.1, -0.05) is 0 Å². The molecule has 0 atom stereocenters. The van der Waals surface area contributed by atoms with Gasteiger partial charge in [-0.05, 0) is 36.4 Å². The second-order valence-corrected chi connectivity index (χ2v) is 5.43. The second kappa shape index (κ2) is 7.00. The summed E-state index contributed by atoms with van der Waals surface area (Å²) < 4.78 is 58.2. The molecular weight excluding hydrogens is 340 g/mol. The average molecular weight is 356 g/mol. The van der Waals surface area contributed by atoms with Gasteiger partial charge in [0.25, 0.3) is 5.91 Å². The lowest BCUT2D eigenvalue weighted by atomic mass is 10.1. The number of nitrogens with zero attached hydrogens (tertiary/aromatic N) is 1. The summed E-state index contributed by atoms with van der Waals surface area (Å²) in [6, 6.07) is 6.93. The summed E-state index contributed by atoms with van der Waals surface area (Å²) in [6.45, 7) is 0. The Bertz CT molecular complexity index is 789. The number of nitrogens with one attached hydrogen (secondary N) is 1. The van der Waals surface area contributed by atoms with Crippen LogP contribution in [0.3, 0.4) is 0 Å². The summed E-state index contributed by atoms with van der Waals surface area (Å²) in [5.41, 5.74) is -1.18. The first-order valence-electron chi connectivity index (χ1n) is 7.17. The van der Waals surface area contributed by atoms with Gasteiger partial charge in [0, 0.05) is 25.3 Å². The van der Waals surface area contributed by atoms with Crippen LogP contribution in [0.1, 0.15) is 15.9 Å². The van der Waals surface area contributed by atoms with E-state index in [9.17, 15) is 22.4 Å². The van der Waals surface area contributed by atoms with Crippen molar-refractivity contribution in [2.75, 3.05) is 31.4 Å². The summed E-state index contributed by atoms with van der Waals surface area (Å²) in [4.78, 5) is 13.7. The van der Waals surface area contributed by atoms with Crippen LogP contribution in [0.15, 0.2) is 36.4 Å². The standard InChI is InChI=1S/C17H16F4N2O2/c1-23(2)11-5-6-14(12(9-11)17(19,20)21)22-16(24)10-4-7-15(25-3)13(18)8-10/h4-9H,1-3H3,(H,22,24). The molecule has 0 bridgehead atoms. The fourth-order valence-electron chi connectivity index (χ4n) is 2.16. The molecule has 0 radical (unpaired) electrons. The number of anilines is 2. The maximum atomic E-state index is 13.7. The SMILES string of the molecule is COc1ccc(C(=O)Nc2ccc(N(C)C)cc2C(F)(F)F)cc1F. The summed E-state index contributed by atoms with van der Waals surface area (Å²) in [6.07, 6.45) is -4.65. The normalized spacial score (nSPS) is 11.2. The van der Waals surface area contributed by atoms with E-state index < -0.39 is 29.2 Å². The van der Waals surface area contributed by atoms with Gasteiger partial charge in [-0.25, -0.2) is 4.39 Å². The number of alkyl halides is 3. The van der Waals surface area contributed by atoms with Gasteiger partial charge in [-0.3, -0.25) is 4.79 Å². The Kier molecular flexibility index (Phi) is 5.20. The van der Waals surface area contributed by atoms with Crippen LogP contribution in [0.2, 0.25) is 0 Å². The van der Waals surface area contributed by atoms with Gasteiger partial charge in [-0.2, -0.15) is 13.2 Å². The van der Waals surface area contributed by atoms with Crippen LogP contribution in [-0.2, 0) is 6.18 Å². The molecule has 134 valence electrons. The molecule has 0 fully saturated rings. The van der Waals surface area contributed by atoms with E-state index in [4.69, 9.17) is 4.74 Å². The van der Waals surface area contributed by atoms with Crippen molar-refractivity contribution in [3.63, 3.8) is 0 Å². The number of rotatable bonds is 4. The molecule has 2 aromatic rings. The minimum Gasteiger partial charge on any atom is -0.494 e. The van der Waals surface area contributed by atoms with Crippen LogP contribution in [0.5, 0.6) is 5.75 Å². The molecular formula is C17H16F4N2O2. The van der Waals surface area contributed by atoms with Crippen LogP contribution in [-0.4, -0.2) is 27.1 Å². The van der Waals surface area contributed by atoms with Crippen molar-refractivity contribution in [2.45, 2.75) is 6.18 Å². The highest BCUT2D eigenvalue weighted by Crippen LogP contribution is 2.37. The van der Waals surface area contributed by atoms with E-state index in [2.05, 4.69) is 5.32 Å². The van der Waals surface area contributed by atoms with Crippen molar-refractivity contribution < 1.29 is 27.1 Å². The lowest BCUT2D eigenvalue weighted by Gasteiger charge is -2.18. The second-order valence-electron chi connectivity index (χ2n) is 5.43. The predicted molar refractivity (Wildman–Crippen MR) is 86.7 cm³/mol. The van der Waals surface area contributed by atoms with E-state index in [0.717, 1.165) is 18.2 Å². The lowest BCUT2D eigenvalue weighted by Crippen LogP contribution is -2.18. The average Bonchev–Trinajstić information content (AvgIpc) is 2.53. The molecule has 8 heteroatoms. The molecule has 1 N–H and O–H groups in total. The van der Waals surface area contributed by atoms with Gasteiger partial charge < -0.3 is 15.0 Å². The number of hydrogen-bond acceptors (Lipinski definition) is 3. The number of ether oxygens (including phenoxy) is 1. The van der Waals surface area contributed by atoms with Gasteiger partial charge >= 0.3 is 6.18 Å². The number of benzene rings is 2. The molecule has 2 aromatic carbocycles. The van der Waals surface area contributed by atoms with E-state index in [1.807, 2.05) is 0 Å². The van der Waals surface area contributed by atoms with Crippen molar-refractivity contribution in [1.82, 2.24) is 0 Å². The molecule has 0 spiro atoms. The Morgan fingerprint density at radius 2 is 1.80 bits per heavy atom. The Labute approximate surface area is 142 Å². The highest BCUT2D eigenvalue weighted by molar-refractivity contribution is 6.04. The first-order chi connectivity index (χ1) is 11.6. The zero-order chi connectivity index (χ0) is 18.8. The van der Waals surface area contributed by atoms with E-state index in [-0.39, 0.29) is 11.3 Å². The Balaban J connectivity index is 2.36. The fraction of sp³-hybridized carbons (Fsp3) is 0.235. The fourth-order valence-corrected chi connectivity index (χ4v) is 2.16. The van der Waals surface area contributed by atoms with Crippen molar-refractivity contribution in [3.8, 4) is 5.75 Å². The van der Waals surface area contributed by atoms with E-state index in [1.54, 1.807) is 14.1 Å². The summed E-state index contributed by atoms with van der Waals surface area (Å²) in [5.74, 6) is -1.71. The van der Waals surface area contributed by atoms with Crippen LogP contribution in [0.4, 0.5) is 28.9 Å². The molecule has 2 rings (SSSR count). The number of carbonyl (C=O) groups is 1. The van der Waals surface area contributed by atoms with Gasteiger partial charge in [0.2, 0.25) is 0 Å². The molecule has 0 heterocycles. The van der Waals surface area contributed by atoms with Crippen LogP contribution < -0.4 is 15.0 Å². The summed E-state index contributed by atoms with van der Waals surface area (Å²) >= 11 is 0. The number of amides is 1. The van der Waals surface area contributed by atoms with E-state index in [0.29, 0.717) is 5.69 Å². The van der Waals surface area contributed by atoms with Crippen LogP contribution in [0, 0.1) is 5.82 Å². The molecule has 0 aliphatic rings.